The topological polar surface area (TPSA) is 26.7 Å². The normalized spacial score (nSPS) is 22.9. The molecular weight excluding hydrogens is 272 g/mol. The van der Waals surface area contributed by atoms with Crippen LogP contribution in [0.25, 0.3) is 0 Å². The van der Waals surface area contributed by atoms with Gasteiger partial charge in [-0.2, -0.15) is 0 Å². The van der Waals surface area contributed by atoms with E-state index >= 15 is 0 Å². The number of aliphatic hydroxyl groups excluding tert-OH is 1. The van der Waals surface area contributed by atoms with Gasteiger partial charge in [0.05, 0.1) is 6.10 Å². The summed E-state index contributed by atoms with van der Waals surface area (Å²) in [6, 6.07) is 7.54. The van der Waals surface area contributed by atoms with E-state index in [1.165, 1.54) is 19.4 Å². The third kappa shape index (κ3) is 3.95. The number of benzene rings is 1. The summed E-state index contributed by atoms with van der Waals surface area (Å²) in [7, 11) is 0. The van der Waals surface area contributed by atoms with Gasteiger partial charge in [0.25, 0.3) is 0 Å². The highest BCUT2D eigenvalue weighted by Gasteiger charge is 2.26. The zero-order valence-corrected chi connectivity index (χ0v) is 12.6. The minimum atomic E-state index is -0.441. The quantitative estimate of drug-likeness (QED) is 0.903. The first kappa shape index (κ1) is 14.3. The van der Waals surface area contributed by atoms with Crippen LogP contribution in [0, 0.1) is 5.92 Å². The van der Waals surface area contributed by atoms with Crippen LogP contribution in [-0.2, 0) is 0 Å². The molecule has 4 heteroatoms. The molecule has 3 nitrogen and oxygen atoms in total. The van der Waals surface area contributed by atoms with Gasteiger partial charge in [-0.15, -0.1) is 0 Å². The van der Waals surface area contributed by atoms with Gasteiger partial charge in [0.2, 0.25) is 0 Å². The fraction of sp³-hybridized carbons (Fsp3) is 0.625. The molecule has 0 spiro atoms. The molecule has 3 rings (SSSR count). The minimum absolute atomic E-state index is 0.441. The van der Waals surface area contributed by atoms with Crippen LogP contribution in [0.4, 0.5) is 0 Å². The lowest BCUT2D eigenvalue weighted by atomic mass is 10.1. The lowest BCUT2D eigenvalue weighted by Gasteiger charge is -2.35. The molecule has 0 bridgehead atoms. The summed E-state index contributed by atoms with van der Waals surface area (Å²) in [4.78, 5) is 4.93. The molecule has 20 heavy (non-hydrogen) atoms. The zero-order valence-electron chi connectivity index (χ0n) is 11.8. The van der Waals surface area contributed by atoms with E-state index in [-0.39, 0.29) is 0 Å². The van der Waals surface area contributed by atoms with E-state index in [9.17, 15) is 5.11 Å². The summed E-state index contributed by atoms with van der Waals surface area (Å²) in [5.41, 5.74) is 0.915. The molecule has 110 valence electrons. The molecule has 1 N–H and O–H groups in total. The fourth-order valence-corrected chi connectivity index (χ4v) is 3.08. The van der Waals surface area contributed by atoms with Crippen molar-refractivity contribution in [1.82, 2.24) is 9.80 Å². The third-order valence-corrected chi connectivity index (χ3v) is 4.58. The van der Waals surface area contributed by atoms with Crippen LogP contribution in [0.1, 0.15) is 24.5 Å². The number of hydrogen-bond donors (Lipinski definition) is 1. The van der Waals surface area contributed by atoms with Gasteiger partial charge in [-0.05, 0) is 36.5 Å². The van der Waals surface area contributed by atoms with Crippen molar-refractivity contribution in [1.29, 1.82) is 0 Å². The van der Waals surface area contributed by atoms with Gasteiger partial charge >= 0.3 is 0 Å². The minimum Gasteiger partial charge on any atom is -0.387 e. The van der Waals surface area contributed by atoms with Crippen molar-refractivity contribution in [2.24, 2.45) is 5.92 Å². The Bertz CT molecular complexity index is 442. The average molecular weight is 295 g/mol. The number of aliphatic hydroxyl groups is 1. The molecule has 1 aliphatic heterocycles. The van der Waals surface area contributed by atoms with E-state index in [1.807, 2.05) is 24.3 Å². The number of halogens is 1. The molecule has 0 aromatic heterocycles. The van der Waals surface area contributed by atoms with Gasteiger partial charge in [0.1, 0.15) is 0 Å². The monoisotopic (exact) mass is 294 g/mol. The number of nitrogens with zero attached hydrogens (tertiary/aromatic N) is 2. The summed E-state index contributed by atoms with van der Waals surface area (Å²) in [5.74, 6) is 0.971. The second-order valence-corrected chi connectivity index (χ2v) is 6.55. The lowest BCUT2D eigenvalue weighted by Crippen LogP contribution is -2.47. The molecule has 0 amide bonds. The van der Waals surface area contributed by atoms with Gasteiger partial charge < -0.3 is 10.0 Å². The molecule has 1 aromatic carbocycles. The van der Waals surface area contributed by atoms with Gasteiger partial charge in [-0.1, -0.05) is 23.7 Å². The summed E-state index contributed by atoms with van der Waals surface area (Å²) in [6.45, 7) is 6.38. The number of hydrogen-bond acceptors (Lipinski definition) is 3. The predicted octanol–water partition coefficient (Wildman–Crippen LogP) is 2.40. The molecule has 1 saturated heterocycles. The third-order valence-electron chi connectivity index (χ3n) is 4.34. The van der Waals surface area contributed by atoms with Crippen LogP contribution in [0.15, 0.2) is 24.3 Å². The predicted molar refractivity (Wildman–Crippen MR) is 82.0 cm³/mol. The summed E-state index contributed by atoms with van der Waals surface area (Å²) < 4.78 is 0. The Hall–Kier alpha value is -0.610. The first-order valence-corrected chi connectivity index (χ1v) is 7.97. The Kier molecular flexibility index (Phi) is 4.61. The van der Waals surface area contributed by atoms with Crippen molar-refractivity contribution in [3.05, 3.63) is 34.9 Å². The first-order chi connectivity index (χ1) is 9.70. The van der Waals surface area contributed by atoms with Crippen LogP contribution >= 0.6 is 11.6 Å². The average Bonchev–Trinajstić information content (AvgIpc) is 3.25. The van der Waals surface area contributed by atoms with Crippen LogP contribution in [-0.4, -0.2) is 54.2 Å². The van der Waals surface area contributed by atoms with Crippen LogP contribution in [0.5, 0.6) is 0 Å². The van der Waals surface area contributed by atoms with E-state index in [0.717, 1.165) is 37.7 Å². The highest BCUT2D eigenvalue weighted by Crippen LogP contribution is 2.30. The first-order valence-electron chi connectivity index (χ1n) is 7.59. The molecule has 0 radical (unpaired) electrons. The molecule has 1 heterocycles. The van der Waals surface area contributed by atoms with E-state index in [1.54, 1.807) is 0 Å². The van der Waals surface area contributed by atoms with Crippen LogP contribution < -0.4 is 0 Å². The second kappa shape index (κ2) is 6.44. The standard InChI is InChI=1S/C16H23ClN2O/c17-15-3-1-2-14(10-15)16(20)12-19-8-6-18(7-9-19)11-13-4-5-13/h1-3,10,13,16,20H,4-9,11-12H2. The largest absolute Gasteiger partial charge is 0.387 e. The van der Waals surface area contributed by atoms with Crippen molar-refractivity contribution < 1.29 is 5.11 Å². The fourth-order valence-electron chi connectivity index (χ4n) is 2.88. The van der Waals surface area contributed by atoms with Gasteiger partial charge in [-0.25, -0.2) is 0 Å². The number of rotatable bonds is 5. The molecule has 1 aromatic rings. The van der Waals surface area contributed by atoms with Crippen LogP contribution in [0.3, 0.4) is 0 Å². The summed E-state index contributed by atoms with van der Waals surface area (Å²) in [5, 5.41) is 11.0. The Morgan fingerprint density at radius 1 is 1.15 bits per heavy atom. The second-order valence-electron chi connectivity index (χ2n) is 6.12. The summed E-state index contributed by atoms with van der Waals surface area (Å²) >= 11 is 5.97. The van der Waals surface area contributed by atoms with Crippen molar-refractivity contribution in [2.45, 2.75) is 18.9 Å². The Balaban J connectivity index is 1.46. The highest BCUT2D eigenvalue weighted by molar-refractivity contribution is 6.30. The van der Waals surface area contributed by atoms with Gasteiger partial charge in [0.15, 0.2) is 0 Å². The molecule has 2 fully saturated rings. The molecule has 1 unspecified atom stereocenters. The Morgan fingerprint density at radius 2 is 1.85 bits per heavy atom. The molecule has 1 saturated carbocycles. The Labute approximate surface area is 126 Å². The summed E-state index contributed by atoms with van der Waals surface area (Å²) in [6.07, 6.45) is 2.41. The molecule has 1 aliphatic carbocycles. The maximum Gasteiger partial charge on any atom is 0.0917 e. The molecule has 1 atom stereocenters. The van der Waals surface area contributed by atoms with Crippen molar-refractivity contribution in [3.8, 4) is 0 Å². The van der Waals surface area contributed by atoms with Crippen molar-refractivity contribution in [3.63, 3.8) is 0 Å². The Morgan fingerprint density at radius 3 is 2.50 bits per heavy atom. The molecular formula is C16H23ClN2O. The zero-order chi connectivity index (χ0) is 13.9. The molecule has 2 aliphatic rings. The lowest BCUT2D eigenvalue weighted by molar-refractivity contribution is 0.0710. The highest BCUT2D eigenvalue weighted by atomic mass is 35.5. The maximum atomic E-state index is 10.3. The van der Waals surface area contributed by atoms with E-state index in [4.69, 9.17) is 11.6 Å². The smallest absolute Gasteiger partial charge is 0.0917 e. The van der Waals surface area contributed by atoms with Crippen molar-refractivity contribution >= 4 is 11.6 Å². The van der Waals surface area contributed by atoms with E-state index < -0.39 is 6.10 Å². The van der Waals surface area contributed by atoms with E-state index in [2.05, 4.69) is 9.80 Å². The van der Waals surface area contributed by atoms with Gasteiger partial charge in [-0.3, -0.25) is 4.90 Å². The maximum absolute atomic E-state index is 10.3. The van der Waals surface area contributed by atoms with Crippen LogP contribution in [0.2, 0.25) is 5.02 Å². The van der Waals surface area contributed by atoms with Crippen molar-refractivity contribution in [2.75, 3.05) is 39.3 Å². The SMILES string of the molecule is OC(CN1CCN(CC2CC2)CC1)c1cccc(Cl)c1. The van der Waals surface area contributed by atoms with Gasteiger partial charge in [0, 0.05) is 44.3 Å². The number of piperazine rings is 1. The van der Waals surface area contributed by atoms with E-state index in [0.29, 0.717) is 11.6 Å². The number of β-amino-alcohol motifs (C(OH)–C–C–N with tert-alkyl or cyclic N) is 1.